The maximum Gasteiger partial charge on any atom is 0.0810 e. The molecule has 0 radical (unpaired) electrons. The van der Waals surface area contributed by atoms with Crippen molar-refractivity contribution in [3.63, 3.8) is 0 Å². The number of hydrogen-bond donors (Lipinski definition) is 2. The smallest absolute Gasteiger partial charge is 0.0810 e. The summed E-state index contributed by atoms with van der Waals surface area (Å²) in [6.07, 6.45) is 7.15. The molecule has 0 aliphatic carbocycles. The average molecular weight is 249 g/mol. The third-order valence-electron chi connectivity index (χ3n) is 4.84. The van der Waals surface area contributed by atoms with Gasteiger partial charge in [-0.3, -0.25) is 16.0 Å². The molecule has 0 spiro atoms. The highest BCUT2D eigenvalue weighted by molar-refractivity contribution is 5.09. The molecule has 3 rings (SSSR count). The molecular formula is C13H23N5. The summed E-state index contributed by atoms with van der Waals surface area (Å²) < 4.78 is 1.85. The van der Waals surface area contributed by atoms with Gasteiger partial charge < -0.3 is 4.90 Å². The van der Waals surface area contributed by atoms with Crippen LogP contribution in [0.3, 0.4) is 0 Å². The van der Waals surface area contributed by atoms with Crippen molar-refractivity contribution in [3.8, 4) is 0 Å². The predicted octanol–water partition coefficient (Wildman–Crippen LogP) is 0.797. The van der Waals surface area contributed by atoms with E-state index in [0.717, 1.165) is 17.8 Å². The van der Waals surface area contributed by atoms with Gasteiger partial charge in [-0.05, 0) is 44.7 Å². The first-order valence-electron chi connectivity index (χ1n) is 6.86. The van der Waals surface area contributed by atoms with Crippen molar-refractivity contribution in [1.82, 2.24) is 20.1 Å². The van der Waals surface area contributed by atoms with E-state index in [-0.39, 0.29) is 6.04 Å². The van der Waals surface area contributed by atoms with E-state index in [1.165, 1.54) is 25.7 Å². The molecule has 2 aliphatic rings. The summed E-state index contributed by atoms with van der Waals surface area (Å²) in [5.41, 5.74) is 4.07. The third-order valence-corrected chi connectivity index (χ3v) is 4.84. The zero-order chi connectivity index (χ0) is 12.7. The van der Waals surface area contributed by atoms with Crippen LogP contribution in [0.1, 0.15) is 37.4 Å². The monoisotopic (exact) mass is 249 g/mol. The first-order valence-corrected chi connectivity index (χ1v) is 6.86. The number of fused-ring (bicyclic) bond motifs is 2. The lowest BCUT2D eigenvalue weighted by atomic mass is 9.84. The predicted molar refractivity (Wildman–Crippen MR) is 70.6 cm³/mol. The number of rotatable bonds is 3. The second-order valence-electron chi connectivity index (χ2n) is 5.84. The number of nitrogens with zero attached hydrogens (tertiary/aromatic N) is 3. The maximum absolute atomic E-state index is 5.78. The summed E-state index contributed by atoms with van der Waals surface area (Å²) in [6.45, 7) is 0. The quantitative estimate of drug-likeness (QED) is 0.614. The van der Waals surface area contributed by atoms with Crippen LogP contribution in [-0.4, -0.2) is 33.8 Å². The Morgan fingerprint density at radius 2 is 2.00 bits per heavy atom. The van der Waals surface area contributed by atoms with Crippen LogP contribution < -0.4 is 11.3 Å². The number of aryl methyl sites for hydroxylation is 1. The summed E-state index contributed by atoms with van der Waals surface area (Å²) in [7, 11) is 4.22. The van der Waals surface area contributed by atoms with Gasteiger partial charge in [-0.15, -0.1) is 0 Å². The normalized spacial score (nSPS) is 33.8. The molecule has 5 heteroatoms. The zero-order valence-corrected chi connectivity index (χ0v) is 11.2. The second kappa shape index (κ2) is 4.64. The van der Waals surface area contributed by atoms with E-state index in [4.69, 9.17) is 5.84 Å². The highest BCUT2D eigenvalue weighted by Gasteiger charge is 2.41. The summed E-state index contributed by atoms with van der Waals surface area (Å²) >= 11 is 0. The van der Waals surface area contributed by atoms with Crippen LogP contribution in [0.2, 0.25) is 0 Å². The summed E-state index contributed by atoms with van der Waals surface area (Å²) in [5, 5.41) is 4.51. The molecule has 0 saturated carbocycles. The van der Waals surface area contributed by atoms with Gasteiger partial charge in [0, 0.05) is 25.3 Å². The highest BCUT2D eigenvalue weighted by Crippen LogP contribution is 2.41. The van der Waals surface area contributed by atoms with Crippen molar-refractivity contribution in [2.45, 2.75) is 43.8 Å². The molecule has 1 aromatic rings. The van der Waals surface area contributed by atoms with Crippen molar-refractivity contribution < 1.29 is 0 Å². The minimum atomic E-state index is 0.197. The first-order chi connectivity index (χ1) is 8.69. The average Bonchev–Trinajstić information content (AvgIpc) is 2.83. The molecule has 3 heterocycles. The lowest BCUT2D eigenvalue weighted by Crippen LogP contribution is -2.45. The van der Waals surface area contributed by atoms with Gasteiger partial charge in [0.25, 0.3) is 0 Å². The van der Waals surface area contributed by atoms with Gasteiger partial charge in [0.05, 0.1) is 11.7 Å². The van der Waals surface area contributed by atoms with Crippen molar-refractivity contribution in [1.29, 1.82) is 0 Å². The summed E-state index contributed by atoms with van der Waals surface area (Å²) in [4.78, 5) is 2.56. The number of aromatic nitrogens is 2. The second-order valence-corrected chi connectivity index (χ2v) is 5.84. The van der Waals surface area contributed by atoms with Crippen LogP contribution in [0.5, 0.6) is 0 Å². The molecule has 2 bridgehead atoms. The van der Waals surface area contributed by atoms with Crippen LogP contribution >= 0.6 is 0 Å². The van der Waals surface area contributed by atoms with E-state index in [2.05, 4.69) is 28.5 Å². The van der Waals surface area contributed by atoms with Crippen LogP contribution in [-0.2, 0) is 7.05 Å². The van der Waals surface area contributed by atoms with Crippen molar-refractivity contribution >= 4 is 0 Å². The number of hydrazine groups is 1. The van der Waals surface area contributed by atoms with Gasteiger partial charge >= 0.3 is 0 Å². The number of nitrogens with one attached hydrogen (secondary N) is 1. The van der Waals surface area contributed by atoms with Gasteiger partial charge in [-0.25, -0.2) is 0 Å². The Hall–Kier alpha value is -0.910. The largest absolute Gasteiger partial charge is 0.300 e. The molecule has 2 fully saturated rings. The molecule has 0 aromatic carbocycles. The van der Waals surface area contributed by atoms with E-state index in [0.29, 0.717) is 5.92 Å². The zero-order valence-electron chi connectivity index (χ0n) is 11.2. The molecule has 1 aromatic heterocycles. The highest BCUT2D eigenvalue weighted by atomic mass is 15.3. The summed E-state index contributed by atoms with van der Waals surface area (Å²) in [6, 6.07) is 3.76. The molecule has 0 amide bonds. The van der Waals surface area contributed by atoms with Gasteiger partial charge in [0.15, 0.2) is 0 Å². The van der Waals surface area contributed by atoms with Gasteiger partial charge in [-0.1, -0.05) is 0 Å². The molecule has 5 nitrogen and oxygen atoms in total. The van der Waals surface area contributed by atoms with Crippen LogP contribution in [0, 0.1) is 5.92 Å². The molecular weight excluding hydrogens is 226 g/mol. The van der Waals surface area contributed by atoms with Crippen molar-refractivity contribution in [2.24, 2.45) is 18.8 Å². The van der Waals surface area contributed by atoms with Crippen molar-refractivity contribution in [2.75, 3.05) is 7.05 Å². The Morgan fingerprint density at radius 3 is 2.50 bits per heavy atom. The van der Waals surface area contributed by atoms with E-state index in [9.17, 15) is 0 Å². The number of nitrogens with two attached hydrogens (primary N) is 1. The fourth-order valence-corrected chi connectivity index (χ4v) is 3.79. The van der Waals surface area contributed by atoms with E-state index in [1.54, 1.807) is 0 Å². The number of hydrogen-bond acceptors (Lipinski definition) is 4. The lowest BCUT2D eigenvalue weighted by Gasteiger charge is -2.39. The Labute approximate surface area is 108 Å². The molecule has 3 unspecified atom stereocenters. The maximum atomic E-state index is 5.78. The van der Waals surface area contributed by atoms with Gasteiger partial charge in [0.2, 0.25) is 0 Å². The lowest BCUT2D eigenvalue weighted by molar-refractivity contribution is 0.111. The van der Waals surface area contributed by atoms with E-state index in [1.807, 2.05) is 17.9 Å². The standard InChI is InChI=1S/C13H23N5/c1-17-6-5-12(16-17)13(15-14)9-7-10-3-4-11(8-9)18(10)2/h5-6,9-11,13,15H,3-4,7-8,14H2,1-2H3. The minimum Gasteiger partial charge on any atom is -0.300 e. The Kier molecular flexibility index (Phi) is 3.13. The molecule has 2 saturated heterocycles. The Bertz CT molecular complexity index is 401. The van der Waals surface area contributed by atoms with Crippen LogP contribution in [0.4, 0.5) is 0 Å². The Balaban J connectivity index is 1.77. The number of piperidine rings is 1. The Morgan fingerprint density at radius 1 is 1.33 bits per heavy atom. The molecule has 3 N–H and O–H groups in total. The molecule has 18 heavy (non-hydrogen) atoms. The van der Waals surface area contributed by atoms with E-state index < -0.39 is 0 Å². The van der Waals surface area contributed by atoms with E-state index >= 15 is 0 Å². The first kappa shape index (κ1) is 12.1. The van der Waals surface area contributed by atoms with Gasteiger partial charge in [-0.2, -0.15) is 5.10 Å². The topological polar surface area (TPSA) is 59.1 Å². The fraction of sp³-hybridized carbons (Fsp3) is 0.769. The molecule has 100 valence electrons. The van der Waals surface area contributed by atoms with Crippen molar-refractivity contribution in [3.05, 3.63) is 18.0 Å². The molecule has 3 atom stereocenters. The van der Waals surface area contributed by atoms with Gasteiger partial charge in [0.1, 0.15) is 0 Å². The third kappa shape index (κ3) is 1.96. The SMILES string of the molecule is CN1C2CCC1CC(C(NN)c1ccn(C)n1)C2. The summed E-state index contributed by atoms with van der Waals surface area (Å²) in [5.74, 6) is 6.39. The minimum absolute atomic E-state index is 0.197. The van der Waals surface area contributed by atoms with Crippen LogP contribution in [0.15, 0.2) is 12.3 Å². The van der Waals surface area contributed by atoms with Crippen LogP contribution in [0.25, 0.3) is 0 Å². The fourth-order valence-electron chi connectivity index (χ4n) is 3.79. The molecule has 2 aliphatic heterocycles.